The van der Waals surface area contributed by atoms with Crippen molar-refractivity contribution in [3.05, 3.63) is 23.2 Å². The van der Waals surface area contributed by atoms with Gasteiger partial charge in [-0.05, 0) is 75.2 Å². The Morgan fingerprint density at radius 2 is 1.93 bits per heavy atom. The minimum atomic E-state index is -0.0466. The van der Waals surface area contributed by atoms with Crippen molar-refractivity contribution in [2.75, 3.05) is 44.6 Å². The van der Waals surface area contributed by atoms with Crippen LogP contribution in [0.25, 0.3) is 0 Å². The molecule has 1 aromatic rings. The van der Waals surface area contributed by atoms with Crippen LogP contribution in [0.1, 0.15) is 38.5 Å². The average molecular weight is 392 g/mol. The Labute approximate surface area is 167 Å². The van der Waals surface area contributed by atoms with Gasteiger partial charge in [-0.1, -0.05) is 18.0 Å². The molecule has 0 aromatic heterocycles. The van der Waals surface area contributed by atoms with Gasteiger partial charge in [0.05, 0.1) is 12.3 Å². The number of halogens is 1. The average Bonchev–Trinajstić information content (AvgIpc) is 3.28. The van der Waals surface area contributed by atoms with Gasteiger partial charge in [0.15, 0.2) is 0 Å². The third kappa shape index (κ3) is 4.88. The molecule has 1 atom stereocenters. The van der Waals surface area contributed by atoms with Crippen molar-refractivity contribution in [2.24, 2.45) is 11.8 Å². The van der Waals surface area contributed by atoms with E-state index in [-0.39, 0.29) is 6.03 Å². The van der Waals surface area contributed by atoms with Gasteiger partial charge < -0.3 is 19.9 Å². The molecule has 1 aliphatic carbocycles. The highest BCUT2D eigenvalue weighted by Crippen LogP contribution is 2.32. The molecule has 1 aromatic carbocycles. The normalized spacial score (nSPS) is 23.4. The lowest BCUT2D eigenvalue weighted by molar-refractivity contribution is 0.181. The Kier molecular flexibility index (Phi) is 6.08. The number of carbonyl (C=O) groups excluding carboxylic acids is 1. The van der Waals surface area contributed by atoms with E-state index in [4.69, 9.17) is 16.3 Å². The molecule has 3 aliphatic rings. The molecule has 4 rings (SSSR count). The van der Waals surface area contributed by atoms with Crippen LogP contribution in [0.5, 0.6) is 5.75 Å². The number of urea groups is 1. The summed E-state index contributed by atoms with van der Waals surface area (Å²) in [6.45, 7) is 5.92. The van der Waals surface area contributed by atoms with E-state index in [0.29, 0.717) is 34.9 Å². The monoisotopic (exact) mass is 391 g/mol. The number of amides is 2. The van der Waals surface area contributed by atoms with Crippen LogP contribution in [0, 0.1) is 11.8 Å². The molecule has 5 nitrogen and oxygen atoms in total. The van der Waals surface area contributed by atoms with Gasteiger partial charge in [0.1, 0.15) is 5.75 Å². The lowest BCUT2D eigenvalue weighted by atomic mass is 9.86. The van der Waals surface area contributed by atoms with Gasteiger partial charge in [-0.25, -0.2) is 4.79 Å². The molecule has 0 radical (unpaired) electrons. The molecular formula is C21H30ClN3O2. The van der Waals surface area contributed by atoms with E-state index in [1.165, 1.54) is 45.2 Å². The standard InChI is InChI=1S/C21H30ClN3O2/c22-18-6-7-20(27-15-16-4-3-5-16)19(12-18)23-21(26)25-11-8-17(14-25)13-24-9-1-2-10-24/h6-7,12,16-17H,1-5,8-11,13-15H2,(H,23,26). The molecule has 2 amide bonds. The first-order valence-electron chi connectivity index (χ1n) is 10.4. The third-order valence-corrected chi connectivity index (χ3v) is 6.41. The van der Waals surface area contributed by atoms with E-state index in [1.807, 2.05) is 17.0 Å². The predicted molar refractivity (Wildman–Crippen MR) is 109 cm³/mol. The number of rotatable bonds is 6. The minimum absolute atomic E-state index is 0.0466. The SMILES string of the molecule is O=C(Nc1cc(Cl)ccc1OCC1CCC1)N1CCC(CN2CCCC2)C1. The van der Waals surface area contributed by atoms with Crippen LogP contribution in [0.2, 0.25) is 5.02 Å². The van der Waals surface area contributed by atoms with Crippen molar-refractivity contribution >= 4 is 23.3 Å². The van der Waals surface area contributed by atoms with Crippen molar-refractivity contribution in [2.45, 2.75) is 38.5 Å². The topological polar surface area (TPSA) is 44.8 Å². The number of anilines is 1. The molecule has 148 valence electrons. The molecule has 27 heavy (non-hydrogen) atoms. The van der Waals surface area contributed by atoms with Gasteiger partial charge in [0.25, 0.3) is 0 Å². The van der Waals surface area contributed by atoms with Gasteiger partial charge >= 0.3 is 6.03 Å². The molecule has 2 aliphatic heterocycles. The van der Waals surface area contributed by atoms with Gasteiger partial charge in [-0.2, -0.15) is 0 Å². The molecule has 6 heteroatoms. The maximum absolute atomic E-state index is 12.8. The summed E-state index contributed by atoms with van der Waals surface area (Å²) in [5.74, 6) is 1.95. The maximum atomic E-state index is 12.8. The van der Waals surface area contributed by atoms with Gasteiger partial charge in [0, 0.05) is 24.7 Å². The van der Waals surface area contributed by atoms with Crippen molar-refractivity contribution in [1.82, 2.24) is 9.80 Å². The number of nitrogens with one attached hydrogen (secondary N) is 1. The van der Waals surface area contributed by atoms with Crippen molar-refractivity contribution in [1.29, 1.82) is 0 Å². The van der Waals surface area contributed by atoms with Crippen LogP contribution < -0.4 is 10.1 Å². The lowest BCUT2D eigenvalue weighted by Gasteiger charge is -2.26. The molecule has 2 heterocycles. The first-order valence-corrected chi connectivity index (χ1v) is 10.8. The minimum Gasteiger partial charge on any atom is -0.491 e. The van der Waals surface area contributed by atoms with E-state index < -0.39 is 0 Å². The van der Waals surface area contributed by atoms with E-state index in [1.54, 1.807) is 6.07 Å². The van der Waals surface area contributed by atoms with Crippen LogP contribution >= 0.6 is 11.6 Å². The molecule has 1 unspecified atom stereocenters. The van der Waals surface area contributed by atoms with Crippen molar-refractivity contribution in [3.8, 4) is 5.75 Å². The first-order chi connectivity index (χ1) is 13.2. The highest BCUT2D eigenvalue weighted by molar-refractivity contribution is 6.31. The number of hydrogen-bond acceptors (Lipinski definition) is 3. The Balaban J connectivity index is 1.32. The van der Waals surface area contributed by atoms with Crippen LogP contribution in [0.4, 0.5) is 10.5 Å². The second-order valence-corrected chi connectivity index (χ2v) is 8.72. The quantitative estimate of drug-likeness (QED) is 0.778. The Morgan fingerprint density at radius 3 is 2.67 bits per heavy atom. The number of nitrogens with zero attached hydrogens (tertiary/aromatic N) is 2. The lowest BCUT2D eigenvalue weighted by Crippen LogP contribution is -2.35. The third-order valence-electron chi connectivity index (χ3n) is 6.17. The second-order valence-electron chi connectivity index (χ2n) is 8.29. The molecule has 2 saturated heterocycles. The molecule has 1 saturated carbocycles. The number of carbonyl (C=O) groups is 1. The van der Waals surface area contributed by atoms with Crippen LogP contribution in [-0.4, -0.2) is 55.2 Å². The smallest absolute Gasteiger partial charge is 0.321 e. The zero-order valence-electron chi connectivity index (χ0n) is 16.0. The van der Waals surface area contributed by atoms with Crippen LogP contribution in [-0.2, 0) is 0 Å². The van der Waals surface area contributed by atoms with E-state index in [0.717, 1.165) is 26.1 Å². The number of ether oxygens (including phenoxy) is 1. The van der Waals surface area contributed by atoms with Crippen molar-refractivity contribution in [3.63, 3.8) is 0 Å². The summed E-state index contributed by atoms with van der Waals surface area (Å²) >= 11 is 6.15. The molecular weight excluding hydrogens is 362 g/mol. The molecule has 3 fully saturated rings. The van der Waals surface area contributed by atoms with Crippen LogP contribution in [0.3, 0.4) is 0 Å². The largest absolute Gasteiger partial charge is 0.491 e. The summed E-state index contributed by atoms with van der Waals surface area (Å²) in [5.41, 5.74) is 0.676. The van der Waals surface area contributed by atoms with Crippen molar-refractivity contribution < 1.29 is 9.53 Å². The van der Waals surface area contributed by atoms with E-state index in [2.05, 4.69) is 10.2 Å². The number of hydrogen-bond donors (Lipinski definition) is 1. The summed E-state index contributed by atoms with van der Waals surface area (Å²) in [5, 5.41) is 3.64. The second kappa shape index (κ2) is 8.70. The number of likely N-dealkylation sites (tertiary alicyclic amines) is 2. The fraction of sp³-hybridized carbons (Fsp3) is 0.667. The summed E-state index contributed by atoms with van der Waals surface area (Å²) < 4.78 is 5.97. The maximum Gasteiger partial charge on any atom is 0.321 e. The molecule has 0 spiro atoms. The zero-order valence-corrected chi connectivity index (χ0v) is 16.7. The Morgan fingerprint density at radius 1 is 1.11 bits per heavy atom. The number of benzene rings is 1. The predicted octanol–water partition coefficient (Wildman–Crippen LogP) is 4.47. The van der Waals surface area contributed by atoms with Gasteiger partial charge in [0.2, 0.25) is 0 Å². The molecule has 1 N–H and O–H groups in total. The summed E-state index contributed by atoms with van der Waals surface area (Å²) in [4.78, 5) is 17.2. The van der Waals surface area contributed by atoms with Gasteiger partial charge in [-0.15, -0.1) is 0 Å². The van der Waals surface area contributed by atoms with Crippen LogP contribution in [0.15, 0.2) is 18.2 Å². The first kappa shape index (κ1) is 18.9. The fourth-order valence-electron chi connectivity index (χ4n) is 4.28. The Hall–Kier alpha value is -1.46. The highest BCUT2D eigenvalue weighted by Gasteiger charge is 2.29. The summed E-state index contributed by atoms with van der Waals surface area (Å²) in [7, 11) is 0. The molecule has 0 bridgehead atoms. The summed E-state index contributed by atoms with van der Waals surface area (Å²) in [6, 6.07) is 5.41. The van der Waals surface area contributed by atoms with E-state index in [9.17, 15) is 4.79 Å². The zero-order chi connectivity index (χ0) is 18.6. The van der Waals surface area contributed by atoms with Gasteiger partial charge in [-0.3, -0.25) is 0 Å². The highest BCUT2D eigenvalue weighted by atomic mass is 35.5. The Bertz CT molecular complexity index is 659. The summed E-state index contributed by atoms with van der Waals surface area (Å²) in [6.07, 6.45) is 7.49. The van der Waals surface area contributed by atoms with E-state index >= 15 is 0 Å². The fourth-order valence-corrected chi connectivity index (χ4v) is 4.46.